The molecule has 0 saturated heterocycles. The first kappa shape index (κ1) is 18.0. The second-order valence-electron chi connectivity index (χ2n) is 6.94. The van der Waals surface area contributed by atoms with Crippen molar-refractivity contribution in [1.29, 1.82) is 0 Å². The minimum absolute atomic E-state index is 0.346. The van der Waals surface area contributed by atoms with Crippen molar-refractivity contribution in [2.75, 3.05) is 0 Å². The maximum absolute atomic E-state index is 12.2. The molecule has 0 radical (unpaired) electrons. The van der Waals surface area contributed by atoms with Gasteiger partial charge in [-0.05, 0) is 53.4 Å². The lowest BCUT2D eigenvalue weighted by Crippen LogP contribution is -2.00. The van der Waals surface area contributed by atoms with Crippen LogP contribution in [0.1, 0.15) is 5.56 Å². The number of para-hydroxylation sites is 1. The van der Waals surface area contributed by atoms with Crippen molar-refractivity contribution in [2.45, 2.75) is 6.61 Å². The molecule has 0 N–H and O–H groups in total. The molecule has 30 heavy (non-hydrogen) atoms. The highest BCUT2D eigenvalue weighted by Gasteiger charge is 2.08. The van der Waals surface area contributed by atoms with Gasteiger partial charge in [-0.2, -0.15) is 0 Å². The van der Waals surface area contributed by atoms with Crippen molar-refractivity contribution in [2.24, 2.45) is 0 Å². The molecule has 1 heterocycles. The standard InChI is InChI=1S/C26H18O4/c27-26-24-12-5-4-11-22(24)23-14-13-20(16-25(23)30-26)28-17-18-7-6-10-21(15-18)29-19-8-2-1-3-9-19/h1-16H,17H2. The molecule has 0 amide bonds. The zero-order valence-corrected chi connectivity index (χ0v) is 16.1. The van der Waals surface area contributed by atoms with Crippen LogP contribution in [0.3, 0.4) is 0 Å². The van der Waals surface area contributed by atoms with Crippen molar-refractivity contribution in [3.8, 4) is 17.2 Å². The van der Waals surface area contributed by atoms with Crippen LogP contribution in [0, 0.1) is 0 Å². The minimum atomic E-state index is -0.346. The van der Waals surface area contributed by atoms with Crippen LogP contribution in [-0.4, -0.2) is 0 Å². The summed E-state index contributed by atoms with van der Waals surface area (Å²) in [5.74, 6) is 2.17. The summed E-state index contributed by atoms with van der Waals surface area (Å²) in [5, 5.41) is 2.34. The first-order valence-electron chi connectivity index (χ1n) is 9.66. The van der Waals surface area contributed by atoms with Crippen LogP contribution >= 0.6 is 0 Å². The fourth-order valence-electron chi connectivity index (χ4n) is 3.44. The van der Waals surface area contributed by atoms with Gasteiger partial charge in [-0.1, -0.05) is 48.5 Å². The molecule has 0 bridgehead atoms. The summed E-state index contributed by atoms with van der Waals surface area (Å²) < 4.78 is 17.3. The summed E-state index contributed by atoms with van der Waals surface area (Å²) >= 11 is 0. The zero-order chi connectivity index (χ0) is 20.3. The molecule has 5 aromatic rings. The Morgan fingerprint density at radius 1 is 0.633 bits per heavy atom. The van der Waals surface area contributed by atoms with Gasteiger partial charge in [-0.25, -0.2) is 4.79 Å². The van der Waals surface area contributed by atoms with Crippen molar-refractivity contribution >= 4 is 21.7 Å². The van der Waals surface area contributed by atoms with Gasteiger partial charge in [-0.3, -0.25) is 0 Å². The fourth-order valence-corrected chi connectivity index (χ4v) is 3.44. The Balaban J connectivity index is 1.37. The van der Waals surface area contributed by atoms with E-state index >= 15 is 0 Å². The molecule has 0 fully saturated rings. The summed E-state index contributed by atoms with van der Waals surface area (Å²) in [6.45, 7) is 0.370. The molecule has 0 aliphatic carbocycles. The van der Waals surface area contributed by atoms with Crippen molar-refractivity contribution < 1.29 is 13.9 Å². The largest absolute Gasteiger partial charge is 0.489 e. The number of rotatable bonds is 5. The van der Waals surface area contributed by atoms with E-state index in [9.17, 15) is 4.79 Å². The number of ether oxygens (including phenoxy) is 2. The second kappa shape index (κ2) is 7.76. The molecule has 0 aliphatic heterocycles. The molecule has 146 valence electrons. The Bertz CT molecular complexity index is 1390. The fraction of sp³-hybridized carbons (Fsp3) is 0.0385. The molecule has 4 aromatic carbocycles. The van der Waals surface area contributed by atoms with Gasteiger partial charge in [0, 0.05) is 11.5 Å². The SMILES string of the molecule is O=c1oc2cc(OCc3cccc(Oc4ccccc4)c3)ccc2c2ccccc12. The van der Waals surface area contributed by atoms with Crippen LogP contribution in [-0.2, 0) is 6.61 Å². The maximum atomic E-state index is 12.2. The summed E-state index contributed by atoms with van der Waals surface area (Å²) in [4.78, 5) is 12.2. The van der Waals surface area contributed by atoms with E-state index in [1.807, 2.05) is 84.9 Å². The van der Waals surface area contributed by atoms with Gasteiger partial charge in [0.25, 0.3) is 0 Å². The Morgan fingerprint density at radius 3 is 2.27 bits per heavy atom. The van der Waals surface area contributed by atoms with Crippen molar-refractivity contribution in [1.82, 2.24) is 0 Å². The van der Waals surface area contributed by atoms with Gasteiger partial charge in [0.1, 0.15) is 29.4 Å². The number of benzene rings is 4. The smallest absolute Gasteiger partial charge is 0.344 e. The second-order valence-corrected chi connectivity index (χ2v) is 6.94. The molecule has 0 spiro atoms. The Hall–Kier alpha value is -4.05. The maximum Gasteiger partial charge on any atom is 0.344 e. The molecule has 0 saturated carbocycles. The molecule has 1 aromatic heterocycles. The van der Waals surface area contributed by atoms with E-state index in [1.165, 1.54) is 0 Å². The van der Waals surface area contributed by atoms with Crippen LogP contribution in [0.25, 0.3) is 21.7 Å². The van der Waals surface area contributed by atoms with Gasteiger partial charge < -0.3 is 13.9 Å². The van der Waals surface area contributed by atoms with E-state index in [4.69, 9.17) is 13.9 Å². The highest BCUT2D eigenvalue weighted by atomic mass is 16.5. The first-order chi connectivity index (χ1) is 14.8. The first-order valence-corrected chi connectivity index (χ1v) is 9.66. The molecular weight excluding hydrogens is 376 g/mol. The lowest BCUT2D eigenvalue weighted by atomic mass is 10.1. The third-order valence-corrected chi connectivity index (χ3v) is 4.88. The van der Waals surface area contributed by atoms with Crippen LogP contribution < -0.4 is 15.1 Å². The predicted octanol–water partition coefficient (Wildman–Crippen LogP) is 6.32. The summed E-state index contributed by atoms with van der Waals surface area (Å²) in [6, 6.07) is 30.4. The number of fused-ring (bicyclic) bond motifs is 3. The number of hydrogen-bond acceptors (Lipinski definition) is 4. The van der Waals surface area contributed by atoms with Gasteiger partial charge in [0.15, 0.2) is 0 Å². The van der Waals surface area contributed by atoms with Crippen molar-refractivity contribution in [3.05, 3.63) is 113 Å². The molecule has 0 aliphatic rings. The Kier molecular flexibility index (Phi) is 4.66. The topological polar surface area (TPSA) is 48.7 Å². The van der Waals surface area contributed by atoms with E-state index in [-0.39, 0.29) is 5.63 Å². The summed E-state index contributed by atoms with van der Waals surface area (Å²) in [7, 11) is 0. The zero-order valence-electron chi connectivity index (χ0n) is 16.1. The lowest BCUT2D eigenvalue weighted by Gasteiger charge is -2.10. The summed E-state index contributed by atoms with van der Waals surface area (Å²) in [5.41, 5.74) is 1.14. The van der Waals surface area contributed by atoms with Crippen LogP contribution in [0.15, 0.2) is 106 Å². The van der Waals surface area contributed by atoms with Crippen LogP contribution in [0.5, 0.6) is 17.2 Å². The monoisotopic (exact) mass is 394 g/mol. The molecule has 4 heteroatoms. The molecule has 0 unspecified atom stereocenters. The van der Waals surface area contributed by atoms with Crippen LogP contribution in [0.2, 0.25) is 0 Å². The van der Waals surface area contributed by atoms with Crippen molar-refractivity contribution in [3.63, 3.8) is 0 Å². The van der Waals surface area contributed by atoms with E-state index in [2.05, 4.69) is 0 Å². The van der Waals surface area contributed by atoms with Gasteiger partial charge >= 0.3 is 5.63 Å². The third-order valence-electron chi connectivity index (χ3n) is 4.88. The van der Waals surface area contributed by atoms with Gasteiger partial charge in [0.05, 0.1) is 5.39 Å². The summed E-state index contributed by atoms with van der Waals surface area (Å²) in [6.07, 6.45) is 0. The van der Waals surface area contributed by atoms with Crippen LogP contribution in [0.4, 0.5) is 0 Å². The van der Waals surface area contributed by atoms with E-state index < -0.39 is 0 Å². The molecule has 5 rings (SSSR count). The highest BCUT2D eigenvalue weighted by Crippen LogP contribution is 2.27. The highest BCUT2D eigenvalue weighted by molar-refractivity contribution is 6.04. The van der Waals surface area contributed by atoms with E-state index in [0.29, 0.717) is 23.3 Å². The molecular formula is C26H18O4. The average molecular weight is 394 g/mol. The number of hydrogen-bond donors (Lipinski definition) is 0. The lowest BCUT2D eigenvalue weighted by molar-refractivity contribution is 0.305. The van der Waals surface area contributed by atoms with Gasteiger partial charge in [0.2, 0.25) is 0 Å². The molecule has 0 atom stereocenters. The van der Waals surface area contributed by atoms with E-state index in [1.54, 1.807) is 12.1 Å². The molecule has 4 nitrogen and oxygen atoms in total. The minimum Gasteiger partial charge on any atom is -0.489 e. The Labute approximate surface area is 172 Å². The van der Waals surface area contributed by atoms with E-state index in [0.717, 1.165) is 27.8 Å². The van der Waals surface area contributed by atoms with Gasteiger partial charge in [-0.15, -0.1) is 0 Å². The Morgan fingerprint density at radius 2 is 1.40 bits per heavy atom. The quantitative estimate of drug-likeness (QED) is 0.259. The third kappa shape index (κ3) is 3.63. The normalized spacial score (nSPS) is 10.9. The predicted molar refractivity (Wildman–Crippen MR) is 117 cm³/mol. The average Bonchev–Trinajstić information content (AvgIpc) is 2.79.